The molecule has 5 rings (SSSR count). The minimum atomic E-state index is -0.920. The first-order valence-electron chi connectivity index (χ1n) is 12.0. The normalized spacial score (nSPS) is 27.0. The minimum Gasteiger partial charge on any atom is -0.481 e. The molecular weight excluding hydrogens is 481 g/mol. The number of carboxylic acid groups (broad SMARTS) is 1. The zero-order valence-corrected chi connectivity index (χ0v) is 20.4. The van der Waals surface area contributed by atoms with Gasteiger partial charge in [0, 0.05) is 30.3 Å². The number of hydrogen-bond donors (Lipinski definition) is 4. The van der Waals surface area contributed by atoms with Crippen molar-refractivity contribution in [2.75, 3.05) is 13.7 Å². The van der Waals surface area contributed by atoms with E-state index in [1.54, 1.807) is 24.3 Å². The van der Waals surface area contributed by atoms with Gasteiger partial charge in [0.1, 0.15) is 17.7 Å². The number of nitrogens with one attached hydrogen (secondary N) is 2. The molecule has 5 N–H and O–H groups in total. The van der Waals surface area contributed by atoms with Gasteiger partial charge in [0.15, 0.2) is 0 Å². The van der Waals surface area contributed by atoms with Crippen LogP contribution in [0.4, 0.5) is 4.39 Å². The third kappa shape index (κ3) is 5.16. The van der Waals surface area contributed by atoms with E-state index >= 15 is 0 Å². The van der Waals surface area contributed by atoms with Gasteiger partial charge in [-0.1, -0.05) is 12.1 Å². The number of guanidine groups is 1. The number of aliphatic carboxylic acids is 1. The van der Waals surface area contributed by atoms with Crippen LogP contribution in [-0.4, -0.2) is 65.4 Å². The lowest BCUT2D eigenvalue weighted by atomic mass is 9.82. The molecule has 1 aromatic carbocycles. The van der Waals surface area contributed by atoms with Gasteiger partial charge in [0.2, 0.25) is 11.8 Å². The number of benzene rings is 1. The predicted molar refractivity (Wildman–Crippen MR) is 135 cm³/mol. The Morgan fingerprint density at radius 1 is 1.24 bits per heavy atom. The number of halogens is 1. The molecule has 1 fully saturated rings. The maximum Gasteiger partial charge on any atom is 0.320 e. The van der Waals surface area contributed by atoms with E-state index in [0.29, 0.717) is 42.4 Å². The summed E-state index contributed by atoms with van der Waals surface area (Å²) in [4.78, 5) is 35.5. The predicted octanol–water partition coefficient (Wildman–Crippen LogP) is 1.85. The van der Waals surface area contributed by atoms with E-state index in [-0.39, 0.29) is 24.0 Å². The number of carbonyl (C=O) groups is 1. The molecule has 37 heavy (non-hydrogen) atoms. The number of fused-ring (bicyclic) bond motifs is 1. The second kappa shape index (κ2) is 10.2. The number of pyridine rings is 1. The van der Waals surface area contributed by atoms with Crippen molar-refractivity contribution in [1.29, 1.82) is 0 Å². The number of methoxy groups -OCH3 is 1. The Bertz CT molecular complexity index is 1300. The van der Waals surface area contributed by atoms with Gasteiger partial charge >= 0.3 is 5.97 Å². The Labute approximate surface area is 212 Å². The smallest absolute Gasteiger partial charge is 0.320 e. The third-order valence-electron chi connectivity index (χ3n) is 6.78. The summed E-state index contributed by atoms with van der Waals surface area (Å²) in [6.45, 7) is 2.24. The first-order valence-corrected chi connectivity index (χ1v) is 12.0. The van der Waals surface area contributed by atoms with Gasteiger partial charge in [-0.2, -0.15) is 0 Å². The summed E-state index contributed by atoms with van der Waals surface area (Å²) in [5, 5.41) is 12.2. The van der Waals surface area contributed by atoms with Crippen LogP contribution in [0.2, 0.25) is 0 Å². The second-order valence-electron chi connectivity index (χ2n) is 9.22. The summed E-state index contributed by atoms with van der Waals surface area (Å²) in [6, 6.07) is 8.49. The fourth-order valence-electron chi connectivity index (χ4n) is 5.03. The van der Waals surface area contributed by atoms with E-state index < -0.39 is 23.9 Å². The molecular formula is C25H28FN7O4. The fourth-order valence-corrected chi connectivity index (χ4v) is 5.03. The molecule has 0 spiro atoms. The average Bonchev–Trinajstić information content (AvgIpc) is 3.36. The highest BCUT2D eigenvalue weighted by molar-refractivity contribution is 6.11. The Kier molecular flexibility index (Phi) is 6.85. The maximum atomic E-state index is 14.4. The largest absolute Gasteiger partial charge is 0.481 e. The van der Waals surface area contributed by atoms with Gasteiger partial charge in [-0.25, -0.2) is 19.4 Å². The summed E-state index contributed by atoms with van der Waals surface area (Å²) in [5.41, 5.74) is 11.6. The molecule has 12 heteroatoms. The second-order valence-corrected chi connectivity index (χ2v) is 9.22. The Balaban J connectivity index is 1.49. The number of hydroxylamine groups is 1. The molecule has 0 amide bonds. The molecule has 0 radical (unpaired) electrons. The molecule has 3 aliphatic heterocycles. The van der Waals surface area contributed by atoms with Gasteiger partial charge in [0.05, 0.1) is 36.9 Å². The van der Waals surface area contributed by atoms with E-state index in [1.807, 2.05) is 6.92 Å². The first kappa shape index (κ1) is 24.8. The van der Waals surface area contributed by atoms with Crippen molar-refractivity contribution >= 4 is 23.5 Å². The number of rotatable bonds is 6. The lowest BCUT2D eigenvalue weighted by molar-refractivity contribution is -0.139. The van der Waals surface area contributed by atoms with E-state index in [0.717, 1.165) is 11.3 Å². The van der Waals surface area contributed by atoms with Gasteiger partial charge in [-0.3, -0.25) is 20.1 Å². The van der Waals surface area contributed by atoms with Crippen molar-refractivity contribution in [2.24, 2.45) is 26.6 Å². The highest BCUT2D eigenvalue weighted by Crippen LogP contribution is 2.39. The van der Waals surface area contributed by atoms with Gasteiger partial charge in [0.25, 0.3) is 0 Å². The number of carboxylic acids is 1. The zero-order valence-electron chi connectivity index (χ0n) is 20.4. The van der Waals surface area contributed by atoms with Crippen molar-refractivity contribution < 1.29 is 23.9 Å². The number of amidine groups is 1. The highest BCUT2D eigenvalue weighted by atomic mass is 19.1. The Morgan fingerprint density at radius 3 is 2.84 bits per heavy atom. The van der Waals surface area contributed by atoms with Crippen LogP contribution >= 0.6 is 0 Å². The summed E-state index contributed by atoms with van der Waals surface area (Å²) >= 11 is 0. The quantitative estimate of drug-likeness (QED) is 0.430. The molecule has 11 nitrogen and oxygen atoms in total. The number of aromatic nitrogens is 1. The molecule has 5 atom stereocenters. The Hall–Kier alpha value is -3.90. The maximum absolute atomic E-state index is 14.4. The molecule has 194 valence electrons. The SMILES string of the molecule is COc1cccc(-c2cc(F)ccc2C2C[C@H]3N=C(N)N=C(C)C3C(NO[C@H]3CN[C@H](C(=O)O)C3)=N2)n1. The average molecular weight is 510 g/mol. The molecule has 1 saturated heterocycles. The molecule has 2 unspecified atom stereocenters. The van der Waals surface area contributed by atoms with Crippen LogP contribution < -0.4 is 21.3 Å². The standard InChI is InChI=1S/C25H28FN7O4/c1-12-22-19(32-25(27)29-12)10-18(31-23(22)33-37-14-9-20(24(34)35)28-11-14)15-7-6-13(26)8-16(15)17-4-3-5-21(30-17)36-2/h3-8,14,18-20,22,28H,9-11H2,1-2H3,(H2,27,32)(H,31,33)(H,34,35)/t14-,18?,19-,20+,22?/m1/s1. The number of ether oxygens (including phenoxy) is 1. The lowest BCUT2D eigenvalue weighted by Crippen LogP contribution is -2.48. The van der Waals surface area contributed by atoms with Crippen LogP contribution in [0.25, 0.3) is 11.3 Å². The van der Waals surface area contributed by atoms with Crippen molar-refractivity contribution in [2.45, 2.75) is 44.0 Å². The fraction of sp³-hybridized carbons (Fsp3) is 0.400. The monoisotopic (exact) mass is 509 g/mol. The van der Waals surface area contributed by atoms with Gasteiger partial charge < -0.3 is 20.9 Å². The van der Waals surface area contributed by atoms with Crippen molar-refractivity contribution in [3.63, 3.8) is 0 Å². The van der Waals surface area contributed by atoms with Crippen LogP contribution in [0.15, 0.2) is 51.4 Å². The summed E-state index contributed by atoms with van der Waals surface area (Å²) in [5.74, 6) is -0.489. The van der Waals surface area contributed by atoms with Gasteiger partial charge in [-0.15, -0.1) is 0 Å². The van der Waals surface area contributed by atoms with Crippen LogP contribution in [0, 0.1) is 11.7 Å². The number of nitrogens with zero attached hydrogens (tertiary/aromatic N) is 4. The molecule has 0 aliphatic carbocycles. The molecule has 0 bridgehead atoms. The Morgan fingerprint density at radius 2 is 2.08 bits per heavy atom. The van der Waals surface area contributed by atoms with E-state index in [4.69, 9.17) is 20.3 Å². The van der Waals surface area contributed by atoms with E-state index in [1.165, 1.54) is 19.2 Å². The molecule has 0 saturated carbocycles. The number of nitrogens with two attached hydrogens (primary N) is 1. The number of aliphatic imine (C=N–C) groups is 3. The highest BCUT2D eigenvalue weighted by Gasteiger charge is 2.40. The van der Waals surface area contributed by atoms with Crippen LogP contribution in [0.1, 0.15) is 31.4 Å². The summed E-state index contributed by atoms with van der Waals surface area (Å²) in [7, 11) is 1.52. The van der Waals surface area contributed by atoms with E-state index in [2.05, 4.69) is 25.8 Å². The zero-order chi connectivity index (χ0) is 26.1. The van der Waals surface area contributed by atoms with Crippen molar-refractivity contribution in [1.82, 2.24) is 15.8 Å². The van der Waals surface area contributed by atoms with Crippen LogP contribution in [-0.2, 0) is 9.63 Å². The summed E-state index contributed by atoms with van der Waals surface area (Å²) in [6.07, 6.45) is 0.465. The molecule has 4 heterocycles. The third-order valence-corrected chi connectivity index (χ3v) is 6.78. The van der Waals surface area contributed by atoms with Crippen LogP contribution in [0.5, 0.6) is 5.88 Å². The first-order chi connectivity index (χ1) is 17.8. The lowest BCUT2D eigenvalue weighted by Gasteiger charge is -2.36. The molecule has 1 aromatic heterocycles. The minimum absolute atomic E-state index is 0.192. The topological polar surface area (TPSA) is 156 Å². The van der Waals surface area contributed by atoms with E-state index in [9.17, 15) is 14.3 Å². The van der Waals surface area contributed by atoms with Crippen molar-refractivity contribution in [3.8, 4) is 17.1 Å². The van der Waals surface area contributed by atoms with Crippen molar-refractivity contribution in [3.05, 3.63) is 47.8 Å². The number of hydrogen-bond acceptors (Lipinski definition) is 10. The summed E-state index contributed by atoms with van der Waals surface area (Å²) < 4.78 is 19.6. The molecule has 3 aliphatic rings. The molecule has 2 aromatic rings. The van der Waals surface area contributed by atoms with Gasteiger partial charge in [-0.05, 0) is 37.1 Å². The van der Waals surface area contributed by atoms with Crippen LogP contribution in [0.3, 0.4) is 0 Å².